The molecule has 2 heterocycles. The van der Waals surface area contributed by atoms with Gasteiger partial charge in [0.1, 0.15) is 11.0 Å². The maximum absolute atomic E-state index is 12.8. The first kappa shape index (κ1) is 24.1. The van der Waals surface area contributed by atoms with Crippen LogP contribution in [0.25, 0.3) is 0 Å². The van der Waals surface area contributed by atoms with Gasteiger partial charge in [-0.3, -0.25) is 9.59 Å². The van der Waals surface area contributed by atoms with Crippen LogP contribution in [0.15, 0.2) is 11.2 Å². The topological polar surface area (TPSA) is 78.4 Å². The van der Waals surface area contributed by atoms with E-state index >= 15 is 0 Å². The molecule has 0 radical (unpaired) electrons. The maximum Gasteiger partial charge on any atom is 0.230 e. The number of rotatable bonds is 9. The Kier molecular flexibility index (Phi) is 9.26. The molecule has 9 heteroatoms. The fraction of sp³-hybridized carbons (Fsp3) is 0.727. The summed E-state index contributed by atoms with van der Waals surface area (Å²) >= 11 is 7.55. The van der Waals surface area contributed by atoms with Crippen LogP contribution in [0.1, 0.15) is 58.8 Å². The van der Waals surface area contributed by atoms with E-state index in [-0.39, 0.29) is 23.6 Å². The molecule has 7 nitrogen and oxygen atoms in total. The van der Waals surface area contributed by atoms with E-state index < -0.39 is 0 Å². The molecule has 1 saturated carbocycles. The Labute approximate surface area is 194 Å². The number of hydrogen-bond acceptors (Lipinski definition) is 6. The van der Waals surface area contributed by atoms with Gasteiger partial charge in [0.2, 0.25) is 11.8 Å². The minimum Gasteiger partial charge on any atom is -0.355 e. The van der Waals surface area contributed by atoms with Gasteiger partial charge in [0.25, 0.3) is 0 Å². The summed E-state index contributed by atoms with van der Waals surface area (Å²) in [7, 11) is 0. The minimum absolute atomic E-state index is 0.0149. The van der Waals surface area contributed by atoms with Crippen LogP contribution in [0.5, 0.6) is 0 Å². The molecule has 2 fully saturated rings. The van der Waals surface area contributed by atoms with Gasteiger partial charge < -0.3 is 15.1 Å². The predicted molar refractivity (Wildman–Crippen MR) is 126 cm³/mol. The maximum atomic E-state index is 12.8. The minimum atomic E-state index is -0.0149. The van der Waals surface area contributed by atoms with Crippen LogP contribution in [0, 0.1) is 5.92 Å². The lowest BCUT2D eigenvalue weighted by Crippen LogP contribution is -2.55. The Morgan fingerprint density at radius 3 is 2.71 bits per heavy atom. The van der Waals surface area contributed by atoms with Gasteiger partial charge in [-0.05, 0) is 26.2 Å². The molecule has 0 bridgehead atoms. The van der Waals surface area contributed by atoms with E-state index in [4.69, 9.17) is 11.6 Å². The lowest BCUT2D eigenvalue weighted by molar-refractivity contribution is -0.137. The molecule has 172 valence electrons. The number of aromatic nitrogens is 2. The first-order chi connectivity index (χ1) is 15.0. The van der Waals surface area contributed by atoms with Crippen molar-refractivity contribution in [3.63, 3.8) is 0 Å². The summed E-state index contributed by atoms with van der Waals surface area (Å²) in [6.07, 6.45) is 7.64. The van der Waals surface area contributed by atoms with Crippen molar-refractivity contribution < 1.29 is 9.59 Å². The Morgan fingerprint density at radius 2 is 2.00 bits per heavy atom. The Morgan fingerprint density at radius 1 is 1.23 bits per heavy atom. The first-order valence-electron chi connectivity index (χ1n) is 11.5. The fourth-order valence-electron chi connectivity index (χ4n) is 4.30. The average Bonchev–Trinajstić information content (AvgIpc) is 3.29. The monoisotopic (exact) mass is 467 g/mol. The molecule has 2 amide bonds. The summed E-state index contributed by atoms with van der Waals surface area (Å²) < 4.78 is 0. The quantitative estimate of drug-likeness (QED) is 0.258. The summed E-state index contributed by atoms with van der Waals surface area (Å²) in [5, 5.41) is 3.80. The molecule has 2 aliphatic rings. The second-order valence-electron chi connectivity index (χ2n) is 8.49. The van der Waals surface area contributed by atoms with Gasteiger partial charge in [-0.15, -0.1) is 0 Å². The van der Waals surface area contributed by atoms with Crippen LogP contribution in [-0.2, 0) is 9.59 Å². The predicted octanol–water partition coefficient (Wildman–Crippen LogP) is 3.76. The largest absolute Gasteiger partial charge is 0.355 e. The second-order valence-corrected chi connectivity index (χ2v) is 9.81. The molecule has 1 N–H and O–H groups in total. The van der Waals surface area contributed by atoms with Crippen molar-refractivity contribution in [3.8, 4) is 0 Å². The Bertz CT molecular complexity index is 759. The molecular formula is C22H34ClN5O2S. The molecule has 31 heavy (non-hydrogen) atoms. The molecule has 0 spiro atoms. The van der Waals surface area contributed by atoms with E-state index in [1.165, 1.54) is 24.6 Å². The molecule has 1 atom stereocenters. The van der Waals surface area contributed by atoms with Crippen molar-refractivity contribution in [1.29, 1.82) is 0 Å². The van der Waals surface area contributed by atoms with Crippen LogP contribution < -0.4 is 10.2 Å². The zero-order chi connectivity index (χ0) is 22.2. The molecule has 1 aliphatic carbocycles. The van der Waals surface area contributed by atoms with Gasteiger partial charge >= 0.3 is 0 Å². The summed E-state index contributed by atoms with van der Waals surface area (Å²) in [6, 6.07) is 1.89. The van der Waals surface area contributed by atoms with E-state index in [0.29, 0.717) is 35.9 Å². The van der Waals surface area contributed by atoms with Crippen LogP contribution in [0.3, 0.4) is 0 Å². The number of anilines is 1. The van der Waals surface area contributed by atoms with Crippen molar-refractivity contribution in [2.75, 3.05) is 36.8 Å². The van der Waals surface area contributed by atoms with E-state index in [9.17, 15) is 9.59 Å². The number of thioether (sulfide) groups is 1. The standard InChI is InChI=1S/C22H34ClN5O2S/c1-3-4-7-10-24-20(29)15-31-22-25-18(23)13-19(26-22)27-11-12-28(16(2)14-27)21(30)17-8-5-6-9-17/h13,16-17H,3-12,14-15H2,1-2H3,(H,24,29). The Balaban J connectivity index is 1.54. The number of halogens is 1. The van der Waals surface area contributed by atoms with Crippen molar-refractivity contribution in [1.82, 2.24) is 20.2 Å². The molecule has 1 aliphatic heterocycles. The van der Waals surface area contributed by atoms with Gasteiger partial charge in [0.05, 0.1) is 5.75 Å². The van der Waals surface area contributed by atoms with Crippen LogP contribution in [-0.4, -0.2) is 64.7 Å². The number of amides is 2. The number of carbonyl (C=O) groups is 2. The number of nitrogens with zero attached hydrogens (tertiary/aromatic N) is 4. The highest BCUT2D eigenvalue weighted by Gasteiger charge is 2.33. The molecule has 1 saturated heterocycles. The zero-order valence-electron chi connectivity index (χ0n) is 18.6. The number of hydrogen-bond donors (Lipinski definition) is 1. The average molecular weight is 468 g/mol. The van der Waals surface area contributed by atoms with Crippen molar-refractivity contribution >= 4 is 41.0 Å². The number of unbranched alkanes of at least 4 members (excludes halogenated alkanes) is 2. The number of nitrogens with one attached hydrogen (secondary N) is 1. The third-order valence-electron chi connectivity index (χ3n) is 6.03. The molecule has 1 aromatic rings. The molecule has 3 rings (SSSR count). The van der Waals surface area contributed by atoms with Gasteiger partial charge in [-0.2, -0.15) is 0 Å². The third-order valence-corrected chi connectivity index (χ3v) is 7.08. The van der Waals surface area contributed by atoms with E-state index in [1.807, 2.05) is 4.90 Å². The summed E-state index contributed by atoms with van der Waals surface area (Å²) in [5.74, 6) is 1.53. The SMILES string of the molecule is CCCCCNC(=O)CSc1nc(Cl)cc(N2CCN(C(=O)C3CCCC3)C(C)C2)n1. The normalized spacial score (nSPS) is 19.6. The molecule has 0 aromatic carbocycles. The van der Waals surface area contributed by atoms with Crippen molar-refractivity contribution in [3.05, 3.63) is 11.2 Å². The van der Waals surface area contributed by atoms with Crippen molar-refractivity contribution in [2.45, 2.75) is 70.0 Å². The van der Waals surface area contributed by atoms with Gasteiger partial charge in [0.15, 0.2) is 5.16 Å². The van der Waals surface area contributed by atoms with Crippen LogP contribution in [0.2, 0.25) is 5.15 Å². The van der Waals surface area contributed by atoms with Gasteiger partial charge in [0, 0.05) is 44.2 Å². The van der Waals surface area contributed by atoms with Crippen LogP contribution in [0.4, 0.5) is 5.82 Å². The first-order valence-corrected chi connectivity index (χ1v) is 12.8. The highest BCUT2D eigenvalue weighted by Crippen LogP contribution is 2.29. The summed E-state index contributed by atoms with van der Waals surface area (Å²) in [4.78, 5) is 38.0. The molecular weight excluding hydrogens is 434 g/mol. The fourth-order valence-corrected chi connectivity index (χ4v) is 5.21. The van der Waals surface area contributed by atoms with E-state index in [0.717, 1.165) is 44.5 Å². The van der Waals surface area contributed by atoms with Crippen molar-refractivity contribution in [2.24, 2.45) is 5.92 Å². The lowest BCUT2D eigenvalue weighted by atomic mass is 10.0. The lowest BCUT2D eigenvalue weighted by Gasteiger charge is -2.41. The van der Waals surface area contributed by atoms with E-state index in [1.54, 1.807) is 6.07 Å². The Hall–Kier alpha value is -1.54. The summed E-state index contributed by atoms with van der Waals surface area (Å²) in [6.45, 7) is 7.07. The molecule has 1 aromatic heterocycles. The number of piperazine rings is 1. The smallest absolute Gasteiger partial charge is 0.230 e. The third kappa shape index (κ3) is 6.97. The second kappa shape index (κ2) is 11.9. The van der Waals surface area contributed by atoms with Gasteiger partial charge in [-0.25, -0.2) is 9.97 Å². The highest BCUT2D eigenvalue weighted by molar-refractivity contribution is 7.99. The summed E-state index contributed by atoms with van der Waals surface area (Å²) in [5.41, 5.74) is 0. The van der Waals surface area contributed by atoms with Gasteiger partial charge in [-0.1, -0.05) is 56.0 Å². The van der Waals surface area contributed by atoms with Crippen LogP contribution >= 0.6 is 23.4 Å². The molecule has 1 unspecified atom stereocenters. The number of carbonyl (C=O) groups excluding carboxylic acids is 2. The van der Waals surface area contributed by atoms with E-state index in [2.05, 4.69) is 34.0 Å². The zero-order valence-corrected chi connectivity index (χ0v) is 20.2. The highest BCUT2D eigenvalue weighted by atomic mass is 35.5.